The van der Waals surface area contributed by atoms with Gasteiger partial charge in [-0.25, -0.2) is 9.37 Å². The van der Waals surface area contributed by atoms with E-state index in [1.807, 2.05) is 26.0 Å². The van der Waals surface area contributed by atoms with Crippen molar-refractivity contribution in [2.24, 2.45) is 0 Å². The first-order valence-corrected chi connectivity index (χ1v) is 7.27. The van der Waals surface area contributed by atoms with Crippen molar-refractivity contribution in [1.82, 2.24) is 15.2 Å². The zero-order valence-electron chi connectivity index (χ0n) is 13.2. The fourth-order valence-corrected chi connectivity index (χ4v) is 2.65. The molecule has 118 valence electrons. The second-order valence-electron chi connectivity index (χ2n) is 5.47. The largest absolute Gasteiger partial charge is 0.366 e. The van der Waals surface area contributed by atoms with E-state index in [1.54, 1.807) is 12.1 Å². The molecule has 6 heteroatoms. The highest BCUT2D eigenvalue weighted by atomic mass is 19.1. The summed E-state index contributed by atoms with van der Waals surface area (Å²) in [5.74, 6) is -0.358. The lowest BCUT2D eigenvalue weighted by Crippen LogP contribution is -2.03. The van der Waals surface area contributed by atoms with Crippen molar-refractivity contribution in [1.29, 1.82) is 5.26 Å². The number of benzene rings is 2. The second-order valence-corrected chi connectivity index (χ2v) is 5.47. The molecule has 0 unspecified atom stereocenters. The van der Waals surface area contributed by atoms with E-state index in [2.05, 4.69) is 21.3 Å². The third-order valence-electron chi connectivity index (χ3n) is 3.72. The fraction of sp³-hybridized carbons (Fsp3) is 0.111. The smallest absolute Gasteiger partial charge is 0.240 e. The van der Waals surface area contributed by atoms with Crippen LogP contribution in [0.4, 0.5) is 10.3 Å². The van der Waals surface area contributed by atoms with Gasteiger partial charge in [0, 0.05) is 11.1 Å². The fourth-order valence-electron chi connectivity index (χ4n) is 2.65. The molecule has 0 aliphatic carbocycles. The van der Waals surface area contributed by atoms with Crippen LogP contribution in [0.3, 0.4) is 0 Å². The number of aryl methyl sites for hydroxylation is 2. The SMILES string of the molecule is Cc1cc(-c2nnc(N)nc2-c2cccc(F)c2)cc(C)c1C#N. The number of nitriles is 1. The van der Waals surface area contributed by atoms with E-state index in [4.69, 9.17) is 5.73 Å². The molecule has 2 aromatic carbocycles. The molecule has 1 aromatic heterocycles. The molecule has 3 rings (SSSR count). The van der Waals surface area contributed by atoms with Crippen LogP contribution in [0.5, 0.6) is 0 Å². The first kappa shape index (κ1) is 15.6. The van der Waals surface area contributed by atoms with Gasteiger partial charge in [0.15, 0.2) is 0 Å². The maximum absolute atomic E-state index is 13.6. The number of halogens is 1. The highest BCUT2D eigenvalue weighted by Crippen LogP contribution is 2.31. The predicted molar refractivity (Wildman–Crippen MR) is 89.3 cm³/mol. The first-order valence-electron chi connectivity index (χ1n) is 7.27. The Morgan fingerprint density at radius 1 is 1.00 bits per heavy atom. The molecular formula is C18H14FN5. The summed E-state index contributed by atoms with van der Waals surface area (Å²) in [4.78, 5) is 4.24. The monoisotopic (exact) mass is 319 g/mol. The lowest BCUT2D eigenvalue weighted by molar-refractivity contribution is 0.628. The van der Waals surface area contributed by atoms with Gasteiger partial charge in [-0.15, -0.1) is 10.2 Å². The number of nitrogen functional groups attached to an aromatic ring is 1. The number of aromatic nitrogens is 3. The molecule has 0 aliphatic rings. The first-order chi connectivity index (χ1) is 11.5. The average Bonchev–Trinajstić information content (AvgIpc) is 2.54. The summed E-state index contributed by atoms with van der Waals surface area (Å²) in [5.41, 5.74) is 10.2. The summed E-state index contributed by atoms with van der Waals surface area (Å²) in [6.45, 7) is 3.71. The molecule has 0 saturated heterocycles. The van der Waals surface area contributed by atoms with Gasteiger partial charge in [-0.05, 0) is 49.2 Å². The van der Waals surface area contributed by atoms with Crippen molar-refractivity contribution < 1.29 is 4.39 Å². The average molecular weight is 319 g/mol. The topological polar surface area (TPSA) is 88.5 Å². The molecule has 3 aromatic rings. The van der Waals surface area contributed by atoms with Gasteiger partial charge >= 0.3 is 0 Å². The quantitative estimate of drug-likeness (QED) is 0.782. The van der Waals surface area contributed by atoms with Gasteiger partial charge in [-0.3, -0.25) is 0 Å². The standard InChI is InChI=1S/C18H14FN5/c1-10-6-13(7-11(2)15(10)9-20)17-16(22-18(21)24-23-17)12-4-3-5-14(19)8-12/h3-8H,1-2H3,(H2,21,22,24). The van der Waals surface area contributed by atoms with Gasteiger partial charge in [0.05, 0.1) is 11.6 Å². The van der Waals surface area contributed by atoms with Gasteiger partial charge < -0.3 is 5.73 Å². The Morgan fingerprint density at radius 2 is 1.71 bits per heavy atom. The van der Waals surface area contributed by atoms with Crippen molar-refractivity contribution in [2.45, 2.75) is 13.8 Å². The van der Waals surface area contributed by atoms with E-state index >= 15 is 0 Å². The maximum Gasteiger partial charge on any atom is 0.240 e. The Bertz CT molecular complexity index is 952. The van der Waals surface area contributed by atoms with Gasteiger partial charge in [0.25, 0.3) is 0 Å². The molecular weight excluding hydrogens is 305 g/mol. The van der Waals surface area contributed by atoms with Crippen molar-refractivity contribution >= 4 is 5.95 Å². The van der Waals surface area contributed by atoms with Gasteiger partial charge in [0.1, 0.15) is 17.2 Å². The van der Waals surface area contributed by atoms with E-state index in [-0.39, 0.29) is 11.8 Å². The molecule has 0 aliphatic heterocycles. The second kappa shape index (κ2) is 6.05. The lowest BCUT2D eigenvalue weighted by atomic mass is 9.96. The molecule has 5 nitrogen and oxygen atoms in total. The van der Waals surface area contributed by atoms with E-state index in [0.29, 0.717) is 22.5 Å². The Morgan fingerprint density at radius 3 is 2.33 bits per heavy atom. The third kappa shape index (κ3) is 2.79. The minimum absolute atomic E-state index is 0.0140. The van der Waals surface area contributed by atoms with Crippen molar-refractivity contribution in [3.63, 3.8) is 0 Å². The molecule has 1 heterocycles. The van der Waals surface area contributed by atoms with Gasteiger partial charge in [-0.2, -0.15) is 5.26 Å². The molecule has 2 N–H and O–H groups in total. The summed E-state index contributed by atoms with van der Waals surface area (Å²) in [7, 11) is 0. The van der Waals surface area contributed by atoms with Crippen LogP contribution in [0.2, 0.25) is 0 Å². The van der Waals surface area contributed by atoms with Crippen LogP contribution in [-0.2, 0) is 0 Å². The summed E-state index contributed by atoms with van der Waals surface area (Å²) in [6, 6.07) is 11.9. The van der Waals surface area contributed by atoms with Crippen molar-refractivity contribution in [3.8, 4) is 28.6 Å². The molecule has 0 atom stereocenters. The summed E-state index contributed by atoms with van der Waals surface area (Å²) >= 11 is 0. The molecule has 0 spiro atoms. The molecule has 0 fully saturated rings. The molecule has 24 heavy (non-hydrogen) atoms. The summed E-state index contributed by atoms with van der Waals surface area (Å²) in [5, 5.41) is 17.2. The Labute approximate surface area is 138 Å². The van der Waals surface area contributed by atoms with Gasteiger partial charge in [-0.1, -0.05) is 12.1 Å². The van der Waals surface area contributed by atoms with E-state index < -0.39 is 0 Å². The predicted octanol–water partition coefficient (Wildman–Crippen LogP) is 3.42. The van der Waals surface area contributed by atoms with Crippen molar-refractivity contribution in [3.05, 3.63) is 58.9 Å². The van der Waals surface area contributed by atoms with Crippen LogP contribution in [0.15, 0.2) is 36.4 Å². The molecule has 0 saturated carbocycles. The Hall–Kier alpha value is -3.33. The number of anilines is 1. The number of nitrogens with zero attached hydrogens (tertiary/aromatic N) is 4. The number of rotatable bonds is 2. The highest BCUT2D eigenvalue weighted by Gasteiger charge is 2.15. The number of hydrogen-bond acceptors (Lipinski definition) is 5. The zero-order chi connectivity index (χ0) is 17.3. The van der Waals surface area contributed by atoms with E-state index in [9.17, 15) is 9.65 Å². The number of nitrogens with two attached hydrogens (primary N) is 1. The van der Waals surface area contributed by atoms with Gasteiger partial charge in [0.2, 0.25) is 5.95 Å². The Kier molecular flexibility index (Phi) is 3.92. The minimum Gasteiger partial charge on any atom is -0.366 e. The molecule has 0 bridgehead atoms. The highest BCUT2D eigenvalue weighted by molar-refractivity contribution is 5.79. The Balaban J connectivity index is 2.25. The van der Waals surface area contributed by atoms with Crippen LogP contribution in [0, 0.1) is 31.0 Å². The van der Waals surface area contributed by atoms with Crippen LogP contribution < -0.4 is 5.73 Å². The van der Waals surface area contributed by atoms with Crippen molar-refractivity contribution in [2.75, 3.05) is 5.73 Å². The molecule has 0 amide bonds. The normalized spacial score (nSPS) is 10.4. The van der Waals surface area contributed by atoms with Crippen LogP contribution >= 0.6 is 0 Å². The minimum atomic E-state index is -0.372. The number of hydrogen-bond donors (Lipinski definition) is 1. The van der Waals surface area contributed by atoms with E-state index in [1.165, 1.54) is 12.1 Å². The maximum atomic E-state index is 13.6. The van der Waals surface area contributed by atoms with E-state index in [0.717, 1.165) is 16.7 Å². The van der Waals surface area contributed by atoms with Crippen LogP contribution in [-0.4, -0.2) is 15.2 Å². The van der Waals surface area contributed by atoms with Crippen LogP contribution in [0.1, 0.15) is 16.7 Å². The zero-order valence-corrected chi connectivity index (χ0v) is 13.2. The summed E-state index contributed by atoms with van der Waals surface area (Å²) < 4.78 is 13.6. The lowest BCUT2D eigenvalue weighted by Gasteiger charge is -2.11. The third-order valence-corrected chi connectivity index (χ3v) is 3.72. The van der Waals surface area contributed by atoms with Crippen LogP contribution in [0.25, 0.3) is 22.5 Å². The molecule has 0 radical (unpaired) electrons. The summed E-state index contributed by atoms with van der Waals surface area (Å²) in [6.07, 6.45) is 0.